The Labute approximate surface area is 130 Å². The van der Waals surface area contributed by atoms with Gasteiger partial charge in [-0.3, -0.25) is 4.72 Å². The molecule has 116 valence electrons. The minimum atomic E-state index is -3.77. The largest absolute Gasteiger partial charge is 0.277 e. The highest BCUT2D eigenvalue weighted by Gasteiger charge is 2.10. The van der Waals surface area contributed by atoms with Gasteiger partial charge < -0.3 is 0 Å². The Bertz CT molecular complexity index is 803. The Morgan fingerprint density at radius 1 is 1.05 bits per heavy atom. The maximum atomic E-state index is 13.5. The van der Waals surface area contributed by atoms with Gasteiger partial charge in [-0.05, 0) is 55.7 Å². The van der Waals surface area contributed by atoms with Crippen molar-refractivity contribution in [2.75, 3.05) is 4.72 Å². The molecule has 3 nitrogen and oxygen atoms in total. The first-order valence-electron chi connectivity index (χ1n) is 6.82. The molecule has 0 aliphatic heterocycles. The van der Waals surface area contributed by atoms with Crippen LogP contribution in [0, 0.1) is 26.6 Å². The normalized spacial score (nSPS) is 11.8. The Kier molecular flexibility index (Phi) is 4.66. The van der Waals surface area contributed by atoms with Gasteiger partial charge in [-0.1, -0.05) is 29.8 Å². The summed E-state index contributed by atoms with van der Waals surface area (Å²) in [6.07, 6.45) is 1.54. The Hall–Kier alpha value is -2.14. The van der Waals surface area contributed by atoms with Gasteiger partial charge in [0, 0.05) is 0 Å². The smallest absolute Gasteiger partial charge is 0.255 e. The molecule has 1 N–H and O–H groups in total. The molecule has 2 aromatic rings. The summed E-state index contributed by atoms with van der Waals surface area (Å²) in [5, 5.41) is 1.06. The molecule has 2 aromatic carbocycles. The first-order chi connectivity index (χ1) is 10.3. The standard InChI is InChI=1S/C17H18FNO2S/c1-12-10-13(2)15(14(3)11-12)8-9-22(20,21)19-17-7-5-4-6-16(17)18/h4-11,19H,1-3H3. The average Bonchev–Trinajstić information content (AvgIpc) is 2.40. The van der Waals surface area contributed by atoms with Crippen LogP contribution in [0.5, 0.6) is 0 Å². The lowest BCUT2D eigenvalue weighted by molar-refractivity contribution is 0.606. The molecule has 0 spiro atoms. The van der Waals surface area contributed by atoms with E-state index in [0.29, 0.717) is 0 Å². The Morgan fingerprint density at radius 2 is 1.64 bits per heavy atom. The fourth-order valence-electron chi connectivity index (χ4n) is 2.34. The quantitative estimate of drug-likeness (QED) is 0.919. The molecule has 22 heavy (non-hydrogen) atoms. The van der Waals surface area contributed by atoms with Gasteiger partial charge in [0.1, 0.15) is 5.82 Å². The lowest BCUT2D eigenvalue weighted by atomic mass is 10.0. The number of anilines is 1. The molecule has 0 radical (unpaired) electrons. The summed E-state index contributed by atoms with van der Waals surface area (Å²) in [5.41, 5.74) is 3.90. The summed E-state index contributed by atoms with van der Waals surface area (Å²) in [6, 6.07) is 9.63. The van der Waals surface area contributed by atoms with E-state index in [1.54, 1.807) is 6.07 Å². The van der Waals surface area contributed by atoms with Crippen LogP contribution in [-0.4, -0.2) is 8.42 Å². The van der Waals surface area contributed by atoms with E-state index in [1.165, 1.54) is 24.3 Å². The van der Waals surface area contributed by atoms with Gasteiger partial charge in [0.05, 0.1) is 11.1 Å². The first-order valence-corrected chi connectivity index (χ1v) is 8.36. The number of halogens is 1. The van der Waals surface area contributed by atoms with Crippen LogP contribution in [-0.2, 0) is 10.0 Å². The van der Waals surface area contributed by atoms with Crippen molar-refractivity contribution in [3.8, 4) is 0 Å². The Balaban J connectivity index is 2.28. The third kappa shape index (κ3) is 3.95. The second kappa shape index (κ2) is 6.32. The van der Waals surface area contributed by atoms with E-state index in [4.69, 9.17) is 0 Å². The van der Waals surface area contributed by atoms with Crippen LogP contribution in [0.2, 0.25) is 0 Å². The molecule has 0 aliphatic rings. The predicted octanol–water partition coefficient (Wildman–Crippen LogP) is 4.16. The summed E-state index contributed by atoms with van der Waals surface area (Å²) in [5.74, 6) is -0.609. The summed E-state index contributed by atoms with van der Waals surface area (Å²) in [4.78, 5) is 0. The molecule has 5 heteroatoms. The number of hydrogen-bond acceptors (Lipinski definition) is 2. The number of benzene rings is 2. The van der Waals surface area contributed by atoms with Gasteiger partial charge in [0.2, 0.25) is 0 Å². The van der Waals surface area contributed by atoms with Crippen molar-refractivity contribution in [1.82, 2.24) is 0 Å². The topological polar surface area (TPSA) is 46.2 Å². The molecule has 0 aliphatic carbocycles. The maximum absolute atomic E-state index is 13.5. The zero-order valence-corrected chi connectivity index (χ0v) is 13.5. The summed E-state index contributed by atoms with van der Waals surface area (Å²) >= 11 is 0. The van der Waals surface area contributed by atoms with Crippen molar-refractivity contribution in [3.63, 3.8) is 0 Å². The number of aryl methyl sites for hydroxylation is 3. The molecule has 0 aromatic heterocycles. The zero-order chi connectivity index (χ0) is 16.3. The van der Waals surface area contributed by atoms with Crippen LogP contribution in [0.4, 0.5) is 10.1 Å². The molecular formula is C17H18FNO2S. The zero-order valence-electron chi connectivity index (χ0n) is 12.7. The van der Waals surface area contributed by atoms with Crippen LogP contribution >= 0.6 is 0 Å². The third-order valence-corrected chi connectivity index (χ3v) is 4.28. The second-order valence-electron chi connectivity index (χ2n) is 5.24. The van der Waals surface area contributed by atoms with E-state index in [2.05, 4.69) is 4.72 Å². The number of rotatable bonds is 4. The van der Waals surface area contributed by atoms with Crippen LogP contribution in [0.3, 0.4) is 0 Å². The molecule has 0 unspecified atom stereocenters. The van der Waals surface area contributed by atoms with Crippen molar-refractivity contribution < 1.29 is 12.8 Å². The van der Waals surface area contributed by atoms with Gasteiger partial charge in [0.25, 0.3) is 10.0 Å². The highest BCUT2D eigenvalue weighted by atomic mass is 32.2. The fourth-order valence-corrected chi connectivity index (χ4v) is 3.20. The van der Waals surface area contributed by atoms with Crippen molar-refractivity contribution in [2.45, 2.75) is 20.8 Å². The molecule has 0 heterocycles. The van der Waals surface area contributed by atoms with Gasteiger partial charge in [-0.2, -0.15) is 0 Å². The van der Waals surface area contributed by atoms with Crippen LogP contribution < -0.4 is 4.72 Å². The van der Waals surface area contributed by atoms with Crippen molar-refractivity contribution in [1.29, 1.82) is 0 Å². The van der Waals surface area contributed by atoms with E-state index in [1.807, 2.05) is 32.9 Å². The molecule has 0 atom stereocenters. The lowest BCUT2D eigenvalue weighted by Gasteiger charge is -2.08. The third-order valence-electron chi connectivity index (χ3n) is 3.28. The van der Waals surface area contributed by atoms with E-state index in [-0.39, 0.29) is 5.69 Å². The number of nitrogens with one attached hydrogen (secondary N) is 1. The summed E-state index contributed by atoms with van der Waals surface area (Å²) in [6.45, 7) is 5.84. The van der Waals surface area contributed by atoms with Crippen LogP contribution in [0.15, 0.2) is 41.8 Å². The molecule has 0 saturated heterocycles. The molecule has 0 saturated carbocycles. The van der Waals surface area contributed by atoms with Gasteiger partial charge in [-0.15, -0.1) is 0 Å². The summed E-state index contributed by atoms with van der Waals surface area (Å²) < 4.78 is 39.8. The van der Waals surface area contributed by atoms with Crippen molar-refractivity contribution >= 4 is 21.8 Å². The second-order valence-corrected chi connectivity index (χ2v) is 6.81. The Morgan fingerprint density at radius 3 is 2.23 bits per heavy atom. The van der Waals surface area contributed by atoms with Gasteiger partial charge in [0.15, 0.2) is 0 Å². The maximum Gasteiger partial charge on any atom is 0.255 e. The number of para-hydroxylation sites is 1. The number of hydrogen-bond donors (Lipinski definition) is 1. The predicted molar refractivity (Wildman–Crippen MR) is 88.6 cm³/mol. The average molecular weight is 319 g/mol. The van der Waals surface area contributed by atoms with Crippen LogP contribution in [0.25, 0.3) is 6.08 Å². The SMILES string of the molecule is Cc1cc(C)c(C=CS(=O)(=O)Nc2ccccc2F)c(C)c1. The monoisotopic (exact) mass is 319 g/mol. The van der Waals surface area contributed by atoms with Gasteiger partial charge in [-0.25, -0.2) is 12.8 Å². The number of sulfonamides is 1. The molecule has 0 bridgehead atoms. The molecule has 2 rings (SSSR count). The molecule has 0 fully saturated rings. The summed E-state index contributed by atoms with van der Waals surface area (Å²) in [7, 11) is -3.77. The van der Waals surface area contributed by atoms with Gasteiger partial charge >= 0.3 is 0 Å². The van der Waals surface area contributed by atoms with E-state index >= 15 is 0 Å². The van der Waals surface area contributed by atoms with E-state index < -0.39 is 15.8 Å². The van der Waals surface area contributed by atoms with Crippen molar-refractivity contribution in [3.05, 3.63) is 69.9 Å². The minimum absolute atomic E-state index is 0.0653. The van der Waals surface area contributed by atoms with Crippen molar-refractivity contribution in [2.24, 2.45) is 0 Å². The van der Waals surface area contributed by atoms with E-state index in [0.717, 1.165) is 27.7 Å². The molecular weight excluding hydrogens is 301 g/mol. The van der Waals surface area contributed by atoms with E-state index in [9.17, 15) is 12.8 Å². The molecule has 0 amide bonds. The fraction of sp³-hybridized carbons (Fsp3) is 0.176. The first kappa shape index (κ1) is 16.2. The lowest BCUT2D eigenvalue weighted by Crippen LogP contribution is -2.10. The van der Waals surface area contributed by atoms with Crippen LogP contribution in [0.1, 0.15) is 22.3 Å². The minimum Gasteiger partial charge on any atom is -0.277 e. The highest BCUT2D eigenvalue weighted by Crippen LogP contribution is 2.19. The highest BCUT2D eigenvalue weighted by molar-refractivity contribution is 7.95.